The summed E-state index contributed by atoms with van der Waals surface area (Å²) in [6, 6.07) is 1.40. The van der Waals surface area contributed by atoms with Crippen LogP contribution in [0.1, 0.15) is 24.4 Å². The van der Waals surface area contributed by atoms with E-state index < -0.39 is 23.5 Å². The molecular weight excluding hydrogens is 219 g/mol. The second-order valence-corrected chi connectivity index (χ2v) is 3.51. The highest BCUT2D eigenvalue weighted by atomic mass is 19.2. The van der Waals surface area contributed by atoms with Crippen LogP contribution in [0.4, 0.5) is 13.2 Å². The van der Waals surface area contributed by atoms with Crippen molar-refractivity contribution in [2.24, 2.45) is 5.73 Å². The summed E-state index contributed by atoms with van der Waals surface area (Å²) < 4.78 is 43.7. The molecule has 5 heteroatoms. The van der Waals surface area contributed by atoms with Crippen molar-refractivity contribution in [2.75, 3.05) is 13.7 Å². The molecule has 1 atom stereocenters. The lowest BCUT2D eigenvalue weighted by molar-refractivity contribution is 0.190. The Morgan fingerprint density at radius 2 is 1.94 bits per heavy atom. The van der Waals surface area contributed by atoms with Crippen molar-refractivity contribution < 1.29 is 17.9 Å². The summed E-state index contributed by atoms with van der Waals surface area (Å²) in [4.78, 5) is 0. The molecule has 1 aromatic rings. The first-order valence-electron chi connectivity index (χ1n) is 4.95. The lowest BCUT2D eigenvalue weighted by Crippen LogP contribution is -2.14. The second-order valence-electron chi connectivity index (χ2n) is 3.51. The van der Waals surface area contributed by atoms with E-state index in [1.165, 1.54) is 6.07 Å². The van der Waals surface area contributed by atoms with E-state index in [4.69, 9.17) is 10.5 Å². The molecule has 0 bridgehead atoms. The van der Waals surface area contributed by atoms with Gasteiger partial charge in [-0.05, 0) is 18.9 Å². The van der Waals surface area contributed by atoms with Gasteiger partial charge in [0.25, 0.3) is 0 Å². The number of nitrogens with two attached hydrogens (primary N) is 1. The van der Waals surface area contributed by atoms with Gasteiger partial charge in [0, 0.05) is 25.3 Å². The van der Waals surface area contributed by atoms with Crippen molar-refractivity contribution in [1.82, 2.24) is 0 Å². The van der Waals surface area contributed by atoms with Crippen molar-refractivity contribution in [1.29, 1.82) is 0 Å². The van der Waals surface area contributed by atoms with Crippen molar-refractivity contribution in [3.05, 3.63) is 35.1 Å². The number of hydrogen-bond acceptors (Lipinski definition) is 2. The largest absolute Gasteiger partial charge is 0.385 e. The predicted octanol–water partition coefficient (Wildman–Crippen LogP) is 2.53. The van der Waals surface area contributed by atoms with E-state index in [2.05, 4.69) is 0 Å². The van der Waals surface area contributed by atoms with Crippen LogP contribution in [-0.4, -0.2) is 13.7 Å². The Morgan fingerprint density at radius 3 is 2.56 bits per heavy atom. The first kappa shape index (κ1) is 13.0. The third-order valence-electron chi connectivity index (χ3n) is 2.33. The number of hydrogen-bond donors (Lipinski definition) is 1. The Balaban J connectivity index is 2.76. The molecule has 0 aromatic heterocycles. The molecule has 16 heavy (non-hydrogen) atoms. The van der Waals surface area contributed by atoms with E-state index in [-0.39, 0.29) is 5.56 Å². The number of ether oxygens (including phenoxy) is 1. The number of methoxy groups -OCH3 is 1. The van der Waals surface area contributed by atoms with Crippen LogP contribution in [0.25, 0.3) is 0 Å². The molecule has 2 N–H and O–H groups in total. The third-order valence-corrected chi connectivity index (χ3v) is 2.33. The Bertz CT molecular complexity index is 357. The maximum Gasteiger partial charge on any atom is 0.194 e. The molecule has 0 heterocycles. The lowest BCUT2D eigenvalue weighted by Gasteiger charge is -2.13. The molecule has 0 saturated heterocycles. The van der Waals surface area contributed by atoms with Crippen LogP contribution in [0.5, 0.6) is 0 Å². The average Bonchev–Trinajstić information content (AvgIpc) is 2.26. The van der Waals surface area contributed by atoms with Gasteiger partial charge < -0.3 is 10.5 Å². The fourth-order valence-corrected chi connectivity index (χ4v) is 1.43. The zero-order valence-electron chi connectivity index (χ0n) is 8.97. The summed E-state index contributed by atoms with van der Waals surface area (Å²) >= 11 is 0. The molecule has 0 fully saturated rings. The van der Waals surface area contributed by atoms with E-state index >= 15 is 0 Å². The van der Waals surface area contributed by atoms with Crippen molar-refractivity contribution >= 4 is 0 Å². The van der Waals surface area contributed by atoms with Gasteiger partial charge in [0.1, 0.15) is 0 Å². The normalized spacial score (nSPS) is 12.8. The summed E-state index contributed by atoms with van der Waals surface area (Å²) in [6.07, 6.45) is 1.09. The molecule has 90 valence electrons. The van der Waals surface area contributed by atoms with Gasteiger partial charge in [-0.15, -0.1) is 0 Å². The molecule has 1 rings (SSSR count). The van der Waals surface area contributed by atoms with Crippen LogP contribution < -0.4 is 5.73 Å². The maximum absolute atomic E-state index is 13.3. The van der Waals surface area contributed by atoms with Crippen LogP contribution >= 0.6 is 0 Å². The fourth-order valence-electron chi connectivity index (χ4n) is 1.43. The Hall–Kier alpha value is -1.07. The molecular formula is C11H14F3NO. The van der Waals surface area contributed by atoms with Crippen molar-refractivity contribution in [3.63, 3.8) is 0 Å². The Kier molecular flexibility index (Phi) is 4.76. The minimum absolute atomic E-state index is 0.00463. The molecule has 0 aliphatic carbocycles. The topological polar surface area (TPSA) is 35.2 Å². The van der Waals surface area contributed by atoms with Gasteiger partial charge in [0.05, 0.1) is 0 Å². The van der Waals surface area contributed by atoms with E-state index in [0.29, 0.717) is 19.4 Å². The third kappa shape index (κ3) is 2.96. The van der Waals surface area contributed by atoms with E-state index in [1.54, 1.807) is 7.11 Å². The molecule has 0 radical (unpaired) electrons. The summed E-state index contributed by atoms with van der Waals surface area (Å²) in [5.74, 6) is -3.88. The van der Waals surface area contributed by atoms with Crippen LogP contribution in [0.2, 0.25) is 0 Å². The van der Waals surface area contributed by atoms with Crippen molar-refractivity contribution in [3.8, 4) is 0 Å². The SMILES string of the molecule is COCCCC(N)c1ccc(F)c(F)c1F. The predicted molar refractivity (Wildman–Crippen MR) is 54.4 cm³/mol. The monoisotopic (exact) mass is 233 g/mol. The van der Waals surface area contributed by atoms with Crippen LogP contribution in [-0.2, 0) is 4.74 Å². The van der Waals surface area contributed by atoms with Crippen LogP contribution in [0.15, 0.2) is 12.1 Å². The van der Waals surface area contributed by atoms with E-state index in [9.17, 15) is 13.2 Å². The molecule has 2 nitrogen and oxygen atoms in total. The first-order valence-corrected chi connectivity index (χ1v) is 4.95. The molecule has 0 aliphatic heterocycles. The van der Waals surface area contributed by atoms with Gasteiger partial charge >= 0.3 is 0 Å². The lowest BCUT2D eigenvalue weighted by atomic mass is 10.0. The zero-order valence-corrected chi connectivity index (χ0v) is 8.97. The Morgan fingerprint density at radius 1 is 1.25 bits per heavy atom. The smallest absolute Gasteiger partial charge is 0.194 e. The van der Waals surface area contributed by atoms with Gasteiger partial charge in [-0.1, -0.05) is 6.07 Å². The number of benzene rings is 1. The standard InChI is InChI=1S/C11H14F3NO/c1-16-6-2-3-9(15)7-4-5-8(12)11(14)10(7)13/h4-5,9H,2-3,6,15H2,1H3. The van der Waals surface area contributed by atoms with Gasteiger partial charge in [-0.2, -0.15) is 0 Å². The van der Waals surface area contributed by atoms with Crippen LogP contribution in [0.3, 0.4) is 0 Å². The average molecular weight is 233 g/mol. The minimum Gasteiger partial charge on any atom is -0.385 e. The van der Waals surface area contributed by atoms with E-state index in [0.717, 1.165) is 6.07 Å². The second kappa shape index (κ2) is 5.86. The highest BCUT2D eigenvalue weighted by Crippen LogP contribution is 2.22. The van der Waals surface area contributed by atoms with Gasteiger partial charge in [0.2, 0.25) is 0 Å². The van der Waals surface area contributed by atoms with Gasteiger partial charge in [-0.25, -0.2) is 13.2 Å². The first-order chi connectivity index (χ1) is 7.57. The summed E-state index contributed by atoms with van der Waals surface area (Å²) in [5, 5.41) is 0. The quantitative estimate of drug-likeness (QED) is 0.626. The molecule has 0 saturated carbocycles. The van der Waals surface area contributed by atoms with Crippen LogP contribution in [0, 0.1) is 17.5 Å². The summed E-state index contributed by atoms with van der Waals surface area (Å²) in [7, 11) is 1.55. The van der Waals surface area contributed by atoms with Gasteiger partial charge in [-0.3, -0.25) is 0 Å². The zero-order chi connectivity index (χ0) is 12.1. The Labute approximate surface area is 92.2 Å². The highest BCUT2D eigenvalue weighted by Gasteiger charge is 2.17. The molecule has 0 amide bonds. The maximum atomic E-state index is 13.3. The summed E-state index contributed by atoms with van der Waals surface area (Å²) in [6.45, 7) is 0.499. The number of rotatable bonds is 5. The van der Waals surface area contributed by atoms with Gasteiger partial charge in [0.15, 0.2) is 17.5 Å². The molecule has 1 unspecified atom stereocenters. The van der Waals surface area contributed by atoms with Crippen molar-refractivity contribution in [2.45, 2.75) is 18.9 Å². The number of halogens is 3. The summed E-state index contributed by atoms with van der Waals surface area (Å²) in [5.41, 5.74) is 5.67. The molecule has 0 aliphatic rings. The molecule has 1 aromatic carbocycles. The molecule has 0 spiro atoms. The highest BCUT2D eigenvalue weighted by molar-refractivity contribution is 5.23. The fraction of sp³-hybridized carbons (Fsp3) is 0.455. The van der Waals surface area contributed by atoms with E-state index in [1.807, 2.05) is 0 Å². The minimum atomic E-state index is -1.47.